The third-order valence-corrected chi connectivity index (χ3v) is 8.61. The number of alkyl halides is 3. The fraction of sp³-hybridized carbons (Fsp3) is 0.200. The number of aromatic amines is 2. The van der Waals surface area contributed by atoms with Crippen molar-refractivity contribution < 1.29 is 22.6 Å². The summed E-state index contributed by atoms with van der Waals surface area (Å²) in [6.45, 7) is 4.81. The van der Waals surface area contributed by atoms with E-state index in [9.17, 15) is 13.2 Å². The molecule has 222 valence electrons. The molecule has 8 rings (SSSR count). The zero-order chi connectivity index (χ0) is 29.8. The van der Waals surface area contributed by atoms with Gasteiger partial charge in [0.15, 0.2) is 11.5 Å². The Kier molecular flexibility index (Phi) is 6.39. The topological polar surface area (TPSA) is 56.5 Å². The fourth-order valence-corrected chi connectivity index (χ4v) is 6.24. The Morgan fingerprint density at radius 1 is 0.659 bits per heavy atom. The second-order valence-corrected chi connectivity index (χ2v) is 11.3. The molecule has 6 nitrogen and oxygen atoms in total. The average Bonchev–Trinajstić information content (AvgIpc) is 3.70. The van der Waals surface area contributed by atoms with Gasteiger partial charge in [-0.25, -0.2) is 0 Å². The van der Waals surface area contributed by atoms with Gasteiger partial charge in [-0.1, -0.05) is 24.3 Å². The van der Waals surface area contributed by atoms with Crippen molar-refractivity contribution in [1.29, 1.82) is 0 Å². The molecule has 1 saturated heterocycles. The van der Waals surface area contributed by atoms with Crippen LogP contribution in [0.3, 0.4) is 0 Å². The Morgan fingerprint density at radius 2 is 1.27 bits per heavy atom. The van der Waals surface area contributed by atoms with Gasteiger partial charge in [0.25, 0.3) is 0 Å². The first-order valence-electron chi connectivity index (χ1n) is 14.7. The minimum Gasteiger partial charge on any atom is -0.453 e. The molecular formula is C35H29F3N4O2. The molecular weight excluding hydrogens is 565 g/mol. The van der Waals surface area contributed by atoms with Crippen LogP contribution in [0.1, 0.15) is 5.69 Å². The molecule has 0 aliphatic carbocycles. The molecule has 6 aromatic rings. The number of hydrogen-bond acceptors (Lipinski definition) is 4. The van der Waals surface area contributed by atoms with Crippen molar-refractivity contribution in [3.63, 3.8) is 0 Å². The molecule has 0 radical (unpaired) electrons. The van der Waals surface area contributed by atoms with Gasteiger partial charge in [0.1, 0.15) is 5.69 Å². The Bertz CT molecular complexity index is 2010. The first-order valence-corrected chi connectivity index (χ1v) is 14.7. The van der Waals surface area contributed by atoms with Crippen LogP contribution in [0.4, 0.5) is 24.5 Å². The van der Waals surface area contributed by atoms with Crippen molar-refractivity contribution in [2.75, 3.05) is 44.3 Å². The Hall–Kier alpha value is -4.73. The van der Waals surface area contributed by atoms with Crippen LogP contribution in [0.2, 0.25) is 0 Å². The molecule has 0 atom stereocenters. The fourth-order valence-electron chi connectivity index (χ4n) is 6.24. The van der Waals surface area contributed by atoms with Gasteiger partial charge in [-0.2, -0.15) is 13.2 Å². The summed E-state index contributed by atoms with van der Waals surface area (Å²) in [5.41, 5.74) is 6.64. The van der Waals surface area contributed by atoms with Crippen LogP contribution in [-0.2, 0) is 10.9 Å². The molecule has 0 bridgehead atoms. The highest BCUT2D eigenvalue weighted by molar-refractivity contribution is 5.90. The lowest BCUT2D eigenvalue weighted by atomic mass is 10.00. The van der Waals surface area contributed by atoms with Crippen LogP contribution in [0.25, 0.3) is 44.1 Å². The molecule has 2 N–H and O–H groups in total. The van der Waals surface area contributed by atoms with Crippen LogP contribution in [-0.4, -0.2) is 54.3 Å². The molecule has 44 heavy (non-hydrogen) atoms. The number of H-pyrrole nitrogens is 2. The van der Waals surface area contributed by atoms with E-state index in [2.05, 4.69) is 62.2 Å². The van der Waals surface area contributed by atoms with Gasteiger partial charge < -0.3 is 24.3 Å². The van der Waals surface area contributed by atoms with E-state index >= 15 is 0 Å². The number of nitrogens with zero attached hydrogens (tertiary/aromatic N) is 2. The summed E-state index contributed by atoms with van der Waals surface area (Å²) in [6, 6.07) is 27.3. The van der Waals surface area contributed by atoms with Crippen molar-refractivity contribution in [3.8, 4) is 33.8 Å². The second-order valence-electron chi connectivity index (χ2n) is 11.3. The van der Waals surface area contributed by atoms with E-state index < -0.39 is 11.9 Å². The van der Waals surface area contributed by atoms with Crippen molar-refractivity contribution in [2.45, 2.75) is 6.18 Å². The molecule has 1 fully saturated rings. The minimum atomic E-state index is -4.43. The second kappa shape index (κ2) is 10.5. The van der Waals surface area contributed by atoms with Crippen molar-refractivity contribution >= 4 is 33.2 Å². The third-order valence-electron chi connectivity index (χ3n) is 8.61. The standard InChI is InChI=1S/C35H29F3N4O2/c36-35(37,38)34-21-27-18-23(2-6-29(27)40-34)25-4-8-33-31(20-25)42(12-11-41-13-15-43-16-14-41)30-19-24(3-7-32(30)44-33)22-1-5-28-26(17-22)9-10-39-28/h1-10,17-21,39-40H,11-16H2. The van der Waals surface area contributed by atoms with E-state index in [4.69, 9.17) is 9.47 Å². The predicted molar refractivity (Wildman–Crippen MR) is 167 cm³/mol. The van der Waals surface area contributed by atoms with Gasteiger partial charge >= 0.3 is 6.18 Å². The highest BCUT2D eigenvalue weighted by Gasteiger charge is 2.32. The molecule has 2 aliphatic rings. The summed E-state index contributed by atoms with van der Waals surface area (Å²) >= 11 is 0. The van der Waals surface area contributed by atoms with Gasteiger partial charge in [0, 0.05) is 48.8 Å². The minimum absolute atomic E-state index is 0.453. The van der Waals surface area contributed by atoms with E-state index in [0.717, 1.165) is 101 Å². The van der Waals surface area contributed by atoms with Crippen LogP contribution < -0.4 is 9.64 Å². The van der Waals surface area contributed by atoms with Gasteiger partial charge in [-0.15, -0.1) is 0 Å². The number of morpholine rings is 1. The summed E-state index contributed by atoms with van der Waals surface area (Å²) < 4.78 is 52.0. The summed E-state index contributed by atoms with van der Waals surface area (Å²) in [7, 11) is 0. The number of halogens is 3. The van der Waals surface area contributed by atoms with Crippen molar-refractivity contribution in [3.05, 3.63) is 96.8 Å². The van der Waals surface area contributed by atoms with E-state index in [1.54, 1.807) is 12.1 Å². The summed E-state index contributed by atoms with van der Waals surface area (Å²) in [4.78, 5) is 10.5. The maximum atomic E-state index is 13.3. The lowest BCUT2D eigenvalue weighted by molar-refractivity contribution is -0.140. The molecule has 2 aliphatic heterocycles. The highest BCUT2D eigenvalue weighted by Crippen LogP contribution is 2.49. The van der Waals surface area contributed by atoms with Gasteiger partial charge in [-0.05, 0) is 88.3 Å². The maximum Gasteiger partial charge on any atom is 0.431 e. The summed E-state index contributed by atoms with van der Waals surface area (Å²) in [5.74, 6) is 1.53. The Labute approximate surface area is 251 Å². The lowest BCUT2D eigenvalue weighted by Gasteiger charge is -2.36. The molecule has 4 heterocycles. The quantitative estimate of drug-likeness (QED) is 0.210. The van der Waals surface area contributed by atoms with Gasteiger partial charge in [0.05, 0.1) is 24.6 Å². The average molecular weight is 595 g/mol. The third kappa shape index (κ3) is 4.88. The largest absolute Gasteiger partial charge is 0.453 e. The van der Waals surface area contributed by atoms with E-state index in [-0.39, 0.29) is 0 Å². The SMILES string of the molecule is FC(F)(F)c1cc2cc(-c3ccc4c(c3)N(CCN3CCOCC3)c3cc(-c5ccc6[nH]ccc6c5)ccc3O4)ccc2[nH]1. The lowest BCUT2D eigenvalue weighted by Crippen LogP contribution is -2.41. The molecule has 0 amide bonds. The smallest absolute Gasteiger partial charge is 0.431 e. The van der Waals surface area contributed by atoms with E-state index in [1.165, 1.54) is 0 Å². The number of fused-ring (bicyclic) bond motifs is 4. The molecule has 2 aromatic heterocycles. The monoisotopic (exact) mass is 594 g/mol. The van der Waals surface area contributed by atoms with Crippen LogP contribution in [0, 0.1) is 0 Å². The number of anilines is 2. The number of benzene rings is 4. The first-order chi connectivity index (χ1) is 21.4. The zero-order valence-corrected chi connectivity index (χ0v) is 23.7. The van der Waals surface area contributed by atoms with Crippen LogP contribution >= 0.6 is 0 Å². The first kappa shape index (κ1) is 26.9. The summed E-state index contributed by atoms with van der Waals surface area (Å²) in [5, 5.41) is 1.67. The van der Waals surface area contributed by atoms with E-state index in [0.29, 0.717) is 10.9 Å². The molecule has 4 aromatic carbocycles. The Morgan fingerprint density at radius 3 is 1.95 bits per heavy atom. The normalized spacial score (nSPS) is 15.4. The molecule has 9 heteroatoms. The number of nitrogens with one attached hydrogen (secondary N) is 2. The zero-order valence-electron chi connectivity index (χ0n) is 23.7. The number of hydrogen-bond donors (Lipinski definition) is 2. The molecule has 0 spiro atoms. The van der Waals surface area contributed by atoms with Gasteiger partial charge in [0.2, 0.25) is 0 Å². The summed E-state index contributed by atoms with van der Waals surface area (Å²) in [6.07, 6.45) is -2.48. The predicted octanol–water partition coefficient (Wildman–Crippen LogP) is 8.58. The molecule has 0 unspecified atom stereocenters. The van der Waals surface area contributed by atoms with Crippen molar-refractivity contribution in [1.82, 2.24) is 14.9 Å². The van der Waals surface area contributed by atoms with Gasteiger partial charge in [-0.3, -0.25) is 4.90 Å². The number of aromatic nitrogens is 2. The van der Waals surface area contributed by atoms with Crippen LogP contribution in [0.5, 0.6) is 11.5 Å². The highest BCUT2D eigenvalue weighted by atomic mass is 19.4. The number of rotatable bonds is 5. The van der Waals surface area contributed by atoms with Crippen LogP contribution in [0.15, 0.2) is 91.1 Å². The maximum absolute atomic E-state index is 13.3. The van der Waals surface area contributed by atoms with Crippen molar-refractivity contribution in [2.24, 2.45) is 0 Å². The number of ether oxygens (including phenoxy) is 2. The Balaban J connectivity index is 1.19. The van der Waals surface area contributed by atoms with E-state index in [1.807, 2.05) is 30.5 Å². The molecule has 0 saturated carbocycles.